The van der Waals surface area contributed by atoms with E-state index in [0.717, 1.165) is 26.2 Å². The van der Waals surface area contributed by atoms with Gasteiger partial charge in [0.2, 0.25) is 0 Å². The Morgan fingerprint density at radius 2 is 1.93 bits per heavy atom. The summed E-state index contributed by atoms with van der Waals surface area (Å²) in [7, 11) is 0. The van der Waals surface area contributed by atoms with Gasteiger partial charge in [0, 0.05) is 21.1 Å². The van der Waals surface area contributed by atoms with Gasteiger partial charge in [-0.3, -0.25) is 4.79 Å². The number of carboxylic acids is 1. The lowest BCUT2D eigenvalue weighted by Gasteiger charge is -2.13. The van der Waals surface area contributed by atoms with Crippen molar-refractivity contribution in [3.8, 4) is 0 Å². The van der Waals surface area contributed by atoms with E-state index in [2.05, 4.69) is 31.2 Å². The molecule has 0 radical (unpaired) electrons. The van der Waals surface area contributed by atoms with E-state index in [-0.39, 0.29) is 6.42 Å². The van der Waals surface area contributed by atoms with Crippen molar-refractivity contribution in [3.63, 3.8) is 0 Å². The molecule has 0 unspecified atom stereocenters. The predicted octanol–water partition coefficient (Wildman–Crippen LogP) is 6.03. The molecule has 1 aromatic heterocycles. The summed E-state index contributed by atoms with van der Waals surface area (Å²) >= 11 is 11.0. The summed E-state index contributed by atoms with van der Waals surface area (Å²) in [5.41, 5.74) is 3.88. The van der Waals surface area contributed by atoms with Gasteiger partial charge in [-0.25, -0.2) is 9.97 Å². The van der Waals surface area contributed by atoms with Gasteiger partial charge >= 0.3 is 5.97 Å². The van der Waals surface area contributed by atoms with Crippen LogP contribution in [0.1, 0.15) is 16.7 Å². The molecule has 2 N–H and O–H groups in total. The molecule has 8 heteroatoms. The summed E-state index contributed by atoms with van der Waals surface area (Å²) in [5, 5.41) is 13.1. The molecule has 3 aromatic rings. The minimum Gasteiger partial charge on any atom is -0.481 e. The summed E-state index contributed by atoms with van der Waals surface area (Å²) in [5.74, 6) is -0.313. The minimum atomic E-state index is -0.886. The SMILES string of the molecule is Cc1c(Br)ccc(Nc2cc(Cl)nc(Sc3ccccc3CC(=O)O)n2)c1C. The molecular formula is C20H17BrClN3O2S. The van der Waals surface area contributed by atoms with Gasteiger partial charge in [0.1, 0.15) is 11.0 Å². The quantitative estimate of drug-likeness (QED) is 0.333. The normalized spacial score (nSPS) is 10.7. The van der Waals surface area contributed by atoms with Crippen LogP contribution in [0.3, 0.4) is 0 Å². The molecule has 144 valence electrons. The van der Waals surface area contributed by atoms with E-state index in [1.165, 1.54) is 11.8 Å². The Hall–Kier alpha value is -2.09. The maximum Gasteiger partial charge on any atom is 0.307 e. The van der Waals surface area contributed by atoms with E-state index in [1.807, 2.05) is 44.2 Å². The van der Waals surface area contributed by atoms with Crippen LogP contribution in [0.15, 0.2) is 57.0 Å². The molecule has 3 rings (SSSR count). The van der Waals surface area contributed by atoms with Crippen LogP contribution in [0.5, 0.6) is 0 Å². The van der Waals surface area contributed by atoms with Crippen molar-refractivity contribution < 1.29 is 9.90 Å². The van der Waals surface area contributed by atoms with Crippen LogP contribution in [0.4, 0.5) is 11.5 Å². The minimum absolute atomic E-state index is 0.0633. The molecule has 0 aliphatic rings. The highest BCUT2D eigenvalue weighted by molar-refractivity contribution is 9.10. The lowest BCUT2D eigenvalue weighted by molar-refractivity contribution is -0.136. The topological polar surface area (TPSA) is 75.1 Å². The second-order valence-corrected chi connectivity index (χ2v) is 8.36. The molecule has 0 atom stereocenters. The number of nitrogens with one attached hydrogen (secondary N) is 1. The number of nitrogens with zero attached hydrogens (tertiary/aromatic N) is 2. The number of carboxylic acid groups (broad SMARTS) is 1. The molecule has 0 fully saturated rings. The average molecular weight is 479 g/mol. The van der Waals surface area contributed by atoms with E-state index in [9.17, 15) is 4.79 Å². The second kappa shape index (κ2) is 8.94. The number of hydrogen-bond acceptors (Lipinski definition) is 5. The van der Waals surface area contributed by atoms with Crippen LogP contribution in [-0.2, 0) is 11.2 Å². The summed E-state index contributed by atoms with van der Waals surface area (Å²) in [4.78, 5) is 20.7. The molecule has 0 saturated carbocycles. The lowest BCUT2D eigenvalue weighted by Crippen LogP contribution is -2.02. The molecule has 0 spiro atoms. The molecule has 2 aromatic carbocycles. The number of hydrogen-bond donors (Lipinski definition) is 2. The first-order chi connectivity index (χ1) is 13.3. The maximum absolute atomic E-state index is 11.1. The molecule has 0 aliphatic carbocycles. The fraction of sp³-hybridized carbons (Fsp3) is 0.150. The third kappa shape index (κ3) is 5.04. The van der Waals surface area contributed by atoms with Crippen molar-refractivity contribution in [2.45, 2.75) is 30.3 Å². The van der Waals surface area contributed by atoms with E-state index in [0.29, 0.717) is 21.7 Å². The van der Waals surface area contributed by atoms with Crippen molar-refractivity contribution in [2.24, 2.45) is 0 Å². The monoisotopic (exact) mass is 477 g/mol. The summed E-state index contributed by atoms with van der Waals surface area (Å²) in [6.45, 7) is 4.07. The van der Waals surface area contributed by atoms with E-state index < -0.39 is 5.97 Å². The summed E-state index contributed by atoms with van der Waals surface area (Å²) in [6.07, 6.45) is -0.0633. The van der Waals surface area contributed by atoms with Gasteiger partial charge in [0.25, 0.3) is 0 Å². The molecule has 0 aliphatic heterocycles. The van der Waals surface area contributed by atoms with E-state index >= 15 is 0 Å². The molecule has 5 nitrogen and oxygen atoms in total. The van der Waals surface area contributed by atoms with E-state index in [4.69, 9.17) is 16.7 Å². The zero-order valence-electron chi connectivity index (χ0n) is 15.2. The Morgan fingerprint density at radius 3 is 2.68 bits per heavy atom. The van der Waals surface area contributed by atoms with Gasteiger partial charge in [0.05, 0.1) is 6.42 Å². The van der Waals surface area contributed by atoms with Crippen molar-refractivity contribution in [1.82, 2.24) is 9.97 Å². The van der Waals surface area contributed by atoms with Crippen LogP contribution >= 0.6 is 39.3 Å². The van der Waals surface area contributed by atoms with Crippen LogP contribution in [-0.4, -0.2) is 21.0 Å². The standard InChI is InChI=1S/C20H17BrClN3O2S/c1-11-12(2)15(8-7-14(11)21)23-18-10-17(22)24-20(25-18)28-16-6-4-3-5-13(16)9-19(26)27/h3-8,10H,9H2,1-2H3,(H,26,27)(H,23,24,25). The number of aliphatic carboxylic acids is 1. The molecule has 28 heavy (non-hydrogen) atoms. The molecular weight excluding hydrogens is 462 g/mol. The molecule has 0 saturated heterocycles. The second-order valence-electron chi connectivity index (χ2n) is 6.11. The third-order valence-electron chi connectivity index (χ3n) is 4.17. The Bertz CT molecular complexity index is 1050. The first-order valence-corrected chi connectivity index (χ1v) is 10.4. The van der Waals surface area contributed by atoms with Gasteiger partial charge in [-0.05, 0) is 60.5 Å². The highest BCUT2D eigenvalue weighted by atomic mass is 79.9. The largest absolute Gasteiger partial charge is 0.481 e. The molecule has 1 heterocycles. The van der Waals surface area contributed by atoms with Gasteiger partial charge in [-0.15, -0.1) is 0 Å². The van der Waals surface area contributed by atoms with Crippen LogP contribution in [0, 0.1) is 13.8 Å². The Labute approximate surface area is 180 Å². The molecule has 0 bridgehead atoms. The first-order valence-electron chi connectivity index (χ1n) is 8.38. The number of anilines is 2. The summed E-state index contributed by atoms with van der Waals surface area (Å²) < 4.78 is 1.04. The van der Waals surface area contributed by atoms with Crippen molar-refractivity contribution >= 4 is 56.8 Å². The van der Waals surface area contributed by atoms with Crippen molar-refractivity contribution in [3.05, 3.63) is 68.8 Å². The van der Waals surface area contributed by atoms with Crippen molar-refractivity contribution in [2.75, 3.05) is 5.32 Å². The van der Waals surface area contributed by atoms with E-state index in [1.54, 1.807) is 12.1 Å². The van der Waals surface area contributed by atoms with Crippen LogP contribution in [0.2, 0.25) is 5.15 Å². The van der Waals surface area contributed by atoms with Crippen molar-refractivity contribution in [1.29, 1.82) is 0 Å². The zero-order valence-corrected chi connectivity index (χ0v) is 18.3. The van der Waals surface area contributed by atoms with Gasteiger partial charge in [0.15, 0.2) is 5.16 Å². The Balaban J connectivity index is 1.89. The number of carbonyl (C=O) groups is 1. The average Bonchev–Trinajstić information content (AvgIpc) is 2.63. The fourth-order valence-corrected chi connectivity index (χ4v) is 4.14. The lowest BCUT2D eigenvalue weighted by atomic mass is 10.1. The van der Waals surface area contributed by atoms with Gasteiger partial charge in [-0.1, -0.05) is 45.7 Å². The summed E-state index contributed by atoms with van der Waals surface area (Å²) in [6, 6.07) is 12.9. The number of aromatic nitrogens is 2. The zero-order chi connectivity index (χ0) is 20.3. The third-order valence-corrected chi connectivity index (χ3v) is 6.21. The highest BCUT2D eigenvalue weighted by Gasteiger charge is 2.12. The fourth-order valence-electron chi connectivity index (χ4n) is 2.58. The number of halogens is 2. The Morgan fingerprint density at radius 1 is 1.18 bits per heavy atom. The van der Waals surface area contributed by atoms with Crippen LogP contribution in [0.25, 0.3) is 0 Å². The first kappa shape index (κ1) is 20.6. The maximum atomic E-state index is 11.1. The molecule has 0 amide bonds. The smallest absolute Gasteiger partial charge is 0.307 e. The van der Waals surface area contributed by atoms with Crippen LogP contribution < -0.4 is 5.32 Å². The van der Waals surface area contributed by atoms with Gasteiger partial charge < -0.3 is 10.4 Å². The number of rotatable bonds is 6. The highest BCUT2D eigenvalue weighted by Crippen LogP contribution is 2.32. The number of benzene rings is 2. The van der Waals surface area contributed by atoms with Gasteiger partial charge in [-0.2, -0.15) is 0 Å². The Kier molecular flexibility index (Phi) is 6.59. The predicted molar refractivity (Wildman–Crippen MR) is 116 cm³/mol.